The maximum Gasteiger partial charge on any atom is 0.320 e. The molecule has 208 valence electrons. The van der Waals surface area contributed by atoms with Crippen LogP contribution in [0, 0.1) is 24.5 Å². The Labute approximate surface area is 229 Å². The summed E-state index contributed by atoms with van der Waals surface area (Å²) >= 11 is 0. The van der Waals surface area contributed by atoms with Crippen molar-refractivity contribution in [1.29, 1.82) is 0 Å². The van der Waals surface area contributed by atoms with Gasteiger partial charge in [-0.25, -0.2) is 23.2 Å². The van der Waals surface area contributed by atoms with Crippen molar-refractivity contribution >= 4 is 11.8 Å². The quantitative estimate of drug-likeness (QED) is 0.305. The lowest BCUT2D eigenvalue weighted by molar-refractivity contribution is 0.159. The number of pyridine rings is 1. The molecule has 1 saturated heterocycles. The number of likely N-dealkylation sites (tertiary alicyclic amines) is 1. The number of anilines is 1. The van der Waals surface area contributed by atoms with E-state index >= 15 is 0 Å². The number of carbonyl (C=O) groups excluding carboxylic acids is 1. The number of nitrogens with one attached hydrogen (secondary N) is 2. The van der Waals surface area contributed by atoms with Gasteiger partial charge >= 0.3 is 6.03 Å². The summed E-state index contributed by atoms with van der Waals surface area (Å²) in [6.45, 7) is 3.88. The van der Waals surface area contributed by atoms with Gasteiger partial charge in [-0.05, 0) is 48.9 Å². The first kappa shape index (κ1) is 27.4. The number of ether oxygens (including phenoxy) is 1. The van der Waals surface area contributed by atoms with E-state index < -0.39 is 29.7 Å². The molecule has 4 aromatic rings. The van der Waals surface area contributed by atoms with Gasteiger partial charge in [0.1, 0.15) is 11.5 Å². The van der Waals surface area contributed by atoms with Gasteiger partial charge in [0.05, 0.1) is 23.9 Å². The first-order valence-corrected chi connectivity index (χ1v) is 12.9. The summed E-state index contributed by atoms with van der Waals surface area (Å²) in [5.74, 6) is -2.45. The van der Waals surface area contributed by atoms with E-state index in [4.69, 9.17) is 4.74 Å². The molecule has 0 radical (unpaired) electrons. The number of methoxy groups -OCH3 is 1. The maximum atomic E-state index is 14.6. The summed E-state index contributed by atoms with van der Waals surface area (Å²) < 4.78 is 49.0. The van der Waals surface area contributed by atoms with E-state index in [9.17, 15) is 18.0 Å². The van der Waals surface area contributed by atoms with Crippen LogP contribution in [0.2, 0.25) is 0 Å². The Morgan fingerprint density at radius 3 is 2.58 bits per heavy atom. The number of para-hydroxylation sites is 1. The van der Waals surface area contributed by atoms with Crippen LogP contribution < -0.4 is 10.6 Å². The van der Waals surface area contributed by atoms with E-state index in [1.165, 1.54) is 12.3 Å². The van der Waals surface area contributed by atoms with Crippen LogP contribution in [0.3, 0.4) is 0 Å². The Hall–Kier alpha value is -4.22. The van der Waals surface area contributed by atoms with Gasteiger partial charge < -0.3 is 10.1 Å². The van der Waals surface area contributed by atoms with Crippen LogP contribution >= 0.6 is 0 Å². The number of carbonyl (C=O) groups is 1. The molecule has 2 aromatic heterocycles. The summed E-state index contributed by atoms with van der Waals surface area (Å²) in [6.07, 6.45) is 1.36. The minimum absolute atomic E-state index is 0.209. The number of aromatic nitrogens is 3. The molecular formula is C29H29F3N6O2. The zero-order chi connectivity index (χ0) is 28.2. The lowest BCUT2D eigenvalue weighted by Crippen LogP contribution is -2.42. The van der Waals surface area contributed by atoms with Crippen LogP contribution in [-0.4, -0.2) is 65.1 Å². The molecule has 1 fully saturated rings. The fraction of sp³-hybridized carbons (Fsp3) is 0.276. The van der Waals surface area contributed by atoms with Crippen molar-refractivity contribution in [1.82, 2.24) is 25.0 Å². The summed E-state index contributed by atoms with van der Waals surface area (Å²) in [4.78, 5) is 19.2. The monoisotopic (exact) mass is 550 g/mol. The van der Waals surface area contributed by atoms with Crippen LogP contribution in [-0.2, 0) is 4.74 Å². The van der Waals surface area contributed by atoms with E-state index in [1.807, 2.05) is 30.3 Å². The molecule has 0 saturated carbocycles. The first-order chi connectivity index (χ1) is 19.4. The van der Waals surface area contributed by atoms with Gasteiger partial charge in [0, 0.05) is 44.4 Å². The number of urea groups is 1. The van der Waals surface area contributed by atoms with Gasteiger partial charge in [-0.1, -0.05) is 24.3 Å². The predicted molar refractivity (Wildman–Crippen MR) is 145 cm³/mol. The Bertz CT molecular complexity index is 1500. The second kappa shape index (κ2) is 11.9. The largest absolute Gasteiger partial charge is 0.383 e. The second-order valence-electron chi connectivity index (χ2n) is 9.65. The fourth-order valence-electron chi connectivity index (χ4n) is 5.04. The number of rotatable bonds is 8. The highest BCUT2D eigenvalue weighted by Gasteiger charge is 2.35. The molecule has 8 nitrogen and oxygen atoms in total. The fourth-order valence-corrected chi connectivity index (χ4v) is 5.04. The molecule has 2 amide bonds. The molecule has 0 bridgehead atoms. The smallest absolute Gasteiger partial charge is 0.320 e. The molecule has 3 heterocycles. The molecule has 0 spiro atoms. The average molecular weight is 551 g/mol. The molecule has 2 atom stereocenters. The molecular weight excluding hydrogens is 521 g/mol. The van der Waals surface area contributed by atoms with E-state index in [0.29, 0.717) is 54.6 Å². The van der Waals surface area contributed by atoms with Crippen molar-refractivity contribution in [3.63, 3.8) is 0 Å². The van der Waals surface area contributed by atoms with Gasteiger partial charge in [-0.3, -0.25) is 10.2 Å². The Kier molecular flexibility index (Phi) is 8.13. The lowest BCUT2D eigenvalue weighted by Gasteiger charge is -2.21. The Morgan fingerprint density at radius 1 is 1.05 bits per heavy atom. The third kappa shape index (κ3) is 5.70. The van der Waals surface area contributed by atoms with Crippen LogP contribution in [0.1, 0.15) is 17.0 Å². The number of nitrogens with zero attached hydrogens (tertiary/aromatic N) is 4. The summed E-state index contributed by atoms with van der Waals surface area (Å²) in [5, 5.41) is 10.5. The van der Waals surface area contributed by atoms with Crippen molar-refractivity contribution in [3.05, 3.63) is 95.6 Å². The van der Waals surface area contributed by atoms with Gasteiger partial charge in [-0.2, -0.15) is 9.49 Å². The summed E-state index contributed by atoms with van der Waals surface area (Å²) in [6, 6.07) is 15.3. The minimum Gasteiger partial charge on any atom is -0.383 e. The van der Waals surface area contributed by atoms with Crippen molar-refractivity contribution < 1.29 is 22.7 Å². The van der Waals surface area contributed by atoms with Crippen LogP contribution in [0.4, 0.5) is 23.8 Å². The summed E-state index contributed by atoms with van der Waals surface area (Å²) in [7, 11) is 1.61. The first-order valence-electron chi connectivity index (χ1n) is 12.9. The second-order valence-corrected chi connectivity index (χ2v) is 9.65. The zero-order valence-electron chi connectivity index (χ0n) is 22.1. The molecule has 0 unspecified atom stereocenters. The molecule has 1 aliphatic rings. The SMILES string of the molecule is COCCN1C[C@@H](NC(=O)Nc2c(C)c(-c3cccnc3F)nn2-c2ccccc2)[C@H](c2ccc(F)c(F)c2)C1. The highest BCUT2D eigenvalue weighted by atomic mass is 19.2. The molecule has 11 heteroatoms. The number of amides is 2. The highest BCUT2D eigenvalue weighted by molar-refractivity contribution is 5.91. The summed E-state index contributed by atoms with van der Waals surface area (Å²) in [5.41, 5.74) is 2.36. The number of benzene rings is 2. The maximum absolute atomic E-state index is 14.6. The van der Waals surface area contributed by atoms with Crippen LogP contribution in [0.25, 0.3) is 16.9 Å². The van der Waals surface area contributed by atoms with Crippen molar-refractivity contribution in [2.75, 3.05) is 38.7 Å². The normalized spacial score (nSPS) is 17.2. The number of hydrogen-bond acceptors (Lipinski definition) is 5. The van der Waals surface area contributed by atoms with E-state index in [0.717, 1.165) is 6.07 Å². The average Bonchev–Trinajstić information content (AvgIpc) is 3.50. The Morgan fingerprint density at radius 2 is 1.85 bits per heavy atom. The molecule has 2 aromatic carbocycles. The van der Waals surface area contributed by atoms with Gasteiger partial charge in [0.15, 0.2) is 11.6 Å². The molecule has 2 N–H and O–H groups in total. The van der Waals surface area contributed by atoms with E-state index in [2.05, 4.69) is 25.6 Å². The molecule has 5 rings (SSSR count). The van der Waals surface area contributed by atoms with Gasteiger partial charge in [-0.15, -0.1) is 0 Å². The zero-order valence-corrected chi connectivity index (χ0v) is 22.1. The van der Waals surface area contributed by atoms with E-state index in [-0.39, 0.29) is 11.5 Å². The van der Waals surface area contributed by atoms with Crippen LogP contribution in [0.5, 0.6) is 0 Å². The molecule has 40 heavy (non-hydrogen) atoms. The van der Waals surface area contributed by atoms with Gasteiger partial charge in [0.2, 0.25) is 5.95 Å². The van der Waals surface area contributed by atoms with Crippen molar-refractivity contribution in [3.8, 4) is 16.9 Å². The van der Waals surface area contributed by atoms with Crippen molar-refractivity contribution in [2.45, 2.75) is 18.9 Å². The lowest BCUT2D eigenvalue weighted by atomic mass is 9.94. The van der Waals surface area contributed by atoms with E-state index in [1.54, 1.807) is 36.9 Å². The van der Waals surface area contributed by atoms with Crippen LogP contribution in [0.15, 0.2) is 66.9 Å². The highest BCUT2D eigenvalue weighted by Crippen LogP contribution is 2.32. The topological polar surface area (TPSA) is 84.3 Å². The molecule has 1 aliphatic heterocycles. The standard InChI is InChI=1S/C29H29F3N6O2/c1-18-26(21-9-6-12-33-27(21)32)36-38(20-7-4-3-5-8-20)28(18)35-29(39)34-25-17-37(13-14-40-2)16-22(25)19-10-11-23(30)24(31)15-19/h3-12,15,22,25H,13-14,16-17H2,1-2H3,(H2,34,35,39)/t22-,25+/m0/s1. The molecule has 0 aliphatic carbocycles. The van der Waals surface area contributed by atoms with Crippen molar-refractivity contribution in [2.24, 2.45) is 0 Å². The Balaban J connectivity index is 1.44. The number of hydrogen-bond donors (Lipinski definition) is 2. The minimum atomic E-state index is -0.936. The number of halogens is 3. The third-order valence-corrected chi connectivity index (χ3v) is 7.06. The van der Waals surface area contributed by atoms with Gasteiger partial charge in [0.25, 0.3) is 0 Å². The predicted octanol–water partition coefficient (Wildman–Crippen LogP) is 4.90. The third-order valence-electron chi connectivity index (χ3n) is 7.06.